The van der Waals surface area contributed by atoms with Gasteiger partial charge < -0.3 is 15.2 Å². The molecule has 1 aromatic heterocycles. The van der Waals surface area contributed by atoms with E-state index < -0.39 is 0 Å². The second kappa shape index (κ2) is 6.83. The second-order valence-electron chi connectivity index (χ2n) is 5.64. The average Bonchev–Trinajstić information content (AvgIpc) is 2.90. The molecule has 0 spiro atoms. The fourth-order valence-corrected chi connectivity index (χ4v) is 3.00. The SMILES string of the molecule is CCCC(CN)C(=O)N1CCCC(c2nncn2C)C1. The standard InChI is InChI=1S/C14H25N5O/c1-3-5-11(8-15)14(20)19-7-4-6-12(9-19)13-17-16-10-18(13)2/h10-12H,3-9,15H2,1-2H3. The Labute approximate surface area is 120 Å². The van der Waals surface area contributed by atoms with E-state index in [2.05, 4.69) is 17.1 Å². The van der Waals surface area contributed by atoms with Crippen molar-refractivity contribution in [1.82, 2.24) is 19.7 Å². The molecule has 112 valence electrons. The molecular weight excluding hydrogens is 254 g/mol. The molecule has 2 atom stereocenters. The summed E-state index contributed by atoms with van der Waals surface area (Å²) in [6.07, 6.45) is 5.68. The minimum absolute atomic E-state index is 0.0294. The maximum Gasteiger partial charge on any atom is 0.226 e. The molecule has 1 aliphatic rings. The number of nitrogens with zero attached hydrogens (tertiary/aromatic N) is 4. The Hall–Kier alpha value is -1.43. The summed E-state index contributed by atoms with van der Waals surface area (Å²) in [4.78, 5) is 14.5. The molecule has 1 amide bonds. The molecule has 1 fully saturated rings. The number of piperidine rings is 1. The van der Waals surface area contributed by atoms with Crippen LogP contribution in [0.4, 0.5) is 0 Å². The summed E-state index contributed by atoms with van der Waals surface area (Å²) in [5, 5.41) is 8.12. The van der Waals surface area contributed by atoms with Crippen molar-refractivity contribution in [1.29, 1.82) is 0 Å². The summed E-state index contributed by atoms with van der Waals surface area (Å²) in [6.45, 7) is 4.12. The highest BCUT2D eigenvalue weighted by atomic mass is 16.2. The lowest BCUT2D eigenvalue weighted by atomic mass is 9.94. The third kappa shape index (κ3) is 3.17. The second-order valence-corrected chi connectivity index (χ2v) is 5.64. The molecule has 0 saturated carbocycles. The summed E-state index contributed by atoms with van der Waals surface area (Å²) in [7, 11) is 1.95. The van der Waals surface area contributed by atoms with Crippen LogP contribution >= 0.6 is 0 Å². The Bertz CT molecular complexity index is 445. The minimum atomic E-state index is -0.0294. The minimum Gasteiger partial charge on any atom is -0.342 e. The fourth-order valence-electron chi connectivity index (χ4n) is 3.00. The molecule has 1 saturated heterocycles. The third-order valence-electron chi connectivity index (χ3n) is 4.12. The monoisotopic (exact) mass is 279 g/mol. The van der Waals surface area contributed by atoms with Gasteiger partial charge in [0.25, 0.3) is 0 Å². The summed E-state index contributed by atoms with van der Waals surface area (Å²) >= 11 is 0. The number of carbonyl (C=O) groups excluding carboxylic acids is 1. The molecule has 0 aromatic carbocycles. The van der Waals surface area contributed by atoms with Crippen molar-refractivity contribution in [2.24, 2.45) is 18.7 Å². The molecule has 2 rings (SSSR count). The van der Waals surface area contributed by atoms with Gasteiger partial charge in [-0.2, -0.15) is 0 Å². The number of carbonyl (C=O) groups is 1. The average molecular weight is 279 g/mol. The van der Waals surface area contributed by atoms with Crippen molar-refractivity contribution in [3.8, 4) is 0 Å². The van der Waals surface area contributed by atoms with E-state index in [1.165, 1.54) is 0 Å². The molecule has 2 unspecified atom stereocenters. The van der Waals surface area contributed by atoms with Crippen LogP contribution in [0.2, 0.25) is 0 Å². The Balaban J connectivity index is 2.03. The maximum absolute atomic E-state index is 12.5. The highest BCUT2D eigenvalue weighted by Gasteiger charge is 2.30. The van der Waals surface area contributed by atoms with E-state index >= 15 is 0 Å². The van der Waals surface area contributed by atoms with Crippen LogP contribution in [0.25, 0.3) is 0 Å². The molecule has 20 heavy (non-hydrogen) atoms. The highest BCUT2D eigenvalue weighted by molar-refractivity contribution is 5.79. The van der Waals surface area contributed by atoms with E-state index in [0.29, 0.717) is 12.5 Å². The van der Waals surface area contributed by atoms with Gasteiger partial charge in [-0.25, -0.2) is 0 Å². The van der Waals surface area contributed by atoms with Gasteiger partial charge in [0.1, 0.15) is 12.2 Å². The molecule has 6 nitrogen and oxygen atoms in total. The molecule has 0 aliphatic carbocycles. The normalized spacial score (nSPS) is 20.9. The number of aromatic nitrogens is 3. The molecule has 6 heteroatoms. The molecule has 0 radical (unpaired) electrons. The first-order valence-corrected chi connectivity index (χ1v) is 7.50. The number of hydrogen-bond acceptors (Lipinski definition) is 4. The Morgan fingerprint density at radius 3 is 3.00 bits per heavy atom. The van der Waals surface area contributed by atoms with Crippen molar-refractivity contribution in [2.45, 2.75) is 38.5 Å². The van der Waals surface area contributed by atoms with E-state index in [1.54, 1.807) is 6.33 Å². The van der Waals surface area contributed by atoms with Crippen LogP contribution in [-0.4, -0.2) is 45.2 Å². The smallest absolute Gasteiger partial charge is 0.226 e. The zero-order valence-corrected chi connectivity index (χ0v) is 12.5. The number of nitrogens with two attached hydrogens (primary N) is 1. The lowest BCUT2D eigenvalue weighted by molar-refractivity contribution is -0.136. The number of likely N-dealkylation sites (tertiary alicyclic amines) is 1. The largest absolute Gasteiger partial charge is 0.342 e. The Morgan fingerprint density at radius 2 is 2.40 bits per heavy atom. The zero-order valence-electron chi connectivity index (χ0n) is 12.5. The van der Waals surface area contributed by atoms with Crippen molar-refractivity contribution in [3.63, 3.8) is 0 Å². The van der Waals surface area contributed by atoms with Crippen LogP contribution in [0, 0.1) is 5.92 Å². The van der Waals surface area contributed by atoms with E-state index in [9.17, 15) is 4.79 Å². The summed E-state index contributed by atoms with van der Waals surface area (Å²) in [6, 6.07) is 0. The number of amides is 1. The zero-order chi connectivity index (χ0) is 14.5. The van der Waals surface area contributed by atoms with E-state index in [0.717, 1.165) is 44.6 Å². The quantitative estimate of drug-likeness (QED) is 0.868. The van der Waals surface area contributed by atoms with Gasteiger partial charge in [0.05, 0.1) is 5.92 Å². The predicted molar refractivity (Wildman–Crippen MR) is 77.0 cm³/mol. The van der Waals surface area contributed by atoms with Gasteiger partial charge in [-0.1, -0.05) is 13.3 Å². The number of hydrogen-bond donors (Lipinski definition) is 1. The van der Waals surface area contributed by atoms with Crippen molar-refractivity contribution in [2.75, 3.05) is 19.6 Å². The van der Waals surface area contributed by atoms with E-state index in [-0.39, 0.29) is 11.8 Å². The van der Waals surface area contributed by atoms with Gasteiger partial charge in [0.2, 0.25) is 5.91 Å². The lowest BCUT2D eigenvalue weighted by Crippen LogP contribution is -2.44. The van der Waals surface area contributed by atoms with Crippen molar-refractivity contribution in [3.05, 3.63) is 12.2 Å². The van der Waals surface area contributed by atoms with Gasteiger partial charge in [-0.3, -0.25) is 4.79 Å². The van der Waals surface area contributed by atoms with Gasteiger partial charge in [-0.15, -0.1) is 10.2 Å². The number of aryl methyl sites for hydroxylation is 1. The Kier molecular flexibility index (Phi) is 5.11. The molecule has 2 N–H and O–H groups in total. The van der Waals surface area contributed by atoms with Gasteiger partial charge in [-0.05, 0) is 19.3 Å². The van der Waals surface area contributed by atoms with Crippen LogP contribution in [0.5, 0.6) is 0 Å². The topological polar surface area (TPSA) is 77.0 Å². The van der Waals surface area contributed by atoms with E-state index in [1.807, 2.05) is 16.5 Å². The van der Waals surface area contributed by atoms with Crippen molar-refractivity contribution >= 4 is 5.91 Å². The first-order valence-electron chi connectivity index (χ1n) is 7.50. The molecule has 1 aromatic rings. The summed E-state index contributed by atoms with van der Waals surface area (Å²) in [5.41, 5.74) is 5.75. The lowest BCUT2D eigenvalue weighted by Gasteiger charge is -2.34. The fraction of sp³-hybridized carbons (Fsp3) is 0.786. The van der Waals surface area contributed by atoms with Crippen LogP contribution in [0.1, 0.15) is 44.3 Å². The first-order chi connectivity index (χ1) is 9.67. The number of rotatable bonds is 5. The molecule has 2 heterocycles. The predicted octanol–water partition coefficient (Wildman–Crippen LogP) is 0.896. The van der Waals surface area contributed by atoms with Gasteiger partial charge in [0, 0.05) is 32.6 Å². The van der Waals surface area contributed by atoms with Gasteiger partial charge >= 0.3 is 0 Å². The van der Waals surface area contributed by atoms with Crippen LogP contribution in [0.3, 0.4) is 0 Å². The van der Waals surface area contributed by atoms with E-state index in [4.69, 9.17) is 5.73 Å². The molecule has 0 bridgehead atoms. The van der Waals surface area contributed by atoms with Gasteiger partial charge in [0.15, 0.2) is 0 Å². The highest BCUT2D eigenvalue weighted by Crippen LogP contribution is 2.26. The Morgan fingerprint density at radius 1 is 1.60 bits per heavy atom. The van der Waals surface area contributed by atoms with Crippen molar-refractivity contribution < 1.29 is 4.79 Å². The molecular formula is C14H25N5O. The first kappa shape index (κ1) is 15.0. The maximum atomic E-state index is 12.5. The summed E-state index contributed by atoms with van der Waals surface area (Å²) in [5.74, 6) is 1.45. The molecule has 1 aliphatic heterocycles. The third-order valence-corrected chi connectivity index (χ3v) is 4.12. The van der Waals surface area contributed by atoms with Crippen LogP contribution in [0.15, 0.2) is 6.33 Å². The summed E-state index contributed by atoms with van der Waals surface area (Å²) < 4.78 is 1.95. The van der Waals surface area contributed by atoms with Crippen LogP contribution in [-0.2, 0) is 11.8 Å². The van der Waals surface area contributed by atoms with Crippen LogP contribution < -0.4 is 5.73 Å².